The van der Waals surface area contributed by atoms with Gasteiger partial charge in [0.1, 0.15) is 6.04 Å². The van der Waals surface area contributed by atoms with Crippen LogP contribution in [0.15, 0.2) is 12.1 Å². The molecule has 5 heteroatoms. The van der Waals surface area contributed by atoms with Gasteiger partial charge in [0.25, 0.3) is 0 Å². The van der Waals surface area contributed by atoms with Gasteiger partial charge in [-0.05, 0) is 23.6 Å². The van der Waals surface area contributed by atoms with Gasteiger partial charge in [-0.15, -0.1) is 0 Å². The second-order valence-corrected chi connectivity index (χ2v) is 4.32. The molecule has 3 N–H and O–H groups in total. The van der Waals surface area contributed by atoms with Crippen molar-refractivity contribution in [2.24, 2.45) is 5.73 Å². The van der Waals surface area contributed by atoms with Gasteiger partial charge >= 0.3 is 5.97 Å². The lowest BCUT2D eigenvalue weighted by Gasteiger charge is -2.18. The van der Waals surface area contributed by atoms with Gasteiger partial charge < -0.3 is 20.3 Å². The van der Waals surface area contributed by atoms with E-state index >= 15 is 0 Å². The molecule has 0 fully saturated rings. The van der Waals surface area contributed by atoms with Crippen molar-refractivity contribution in [2.45, 2.75) is 25.8 Å². The molecule has 0 saturated carbocycles. The Balaban J connectivity index is 3.44. The van der Waals surface area contributed by atoms with Crippen LogP contribution >= 0.6 is 0 Å². The summed E-state index contributed by atoms with van der Waals surface area (Å²) >= 11 is 0. The highest BCUT2D eigenvalue weighted by Crippen LogP contribution is 2.37. The van der Waals surface area contributed by atoms with E-state index in [0.717, 1.165) is 5.56 Å². The summed E-state index contributed by atoms with van der Waals surface area (Å²) in [5, 5.41) is 9.03. The molecule has 0 heterocycles. The summed E-state index contributed by atoms with van der Waals surface area (Å²) in [4.78, 5) is 11.0. The van der Waals surface area contributed by atoms with E-state index < -0.39 is 12.0 Å². The van der Waals surface area contributed by atoms with E-state index in [9.17, 15) is 4.79 Å². The lowest BCUT2D eigenvalue weighted by atomic mass is 9.96. The van der Waals surface area contributed by atoms with Crippen molar-refractivity contribution in [2.75, 3.05) is 14.2 Å². The van der Waals surface area contributed by atoms with E-state index in [1.165, 1.54) is 14.2 Å². The average Bonchev–Trinajstić information content (AvgIpc) is 2.35. The van der Waals surface area contributed by atoms with Gasteiger partial charge in [0.15, 0.2) is 11.5 Å². The summed E-state index contributed by atoms with van der Waals surface area (Å²) < 4.78 is 10.4. The summed E-state index contributed by atoms with van der Waals surface area (Å²) in [6.07, 6.45) is 0. The first-order chi connectivity index (χ1) is 8.42. The van der Waals surface area contributed by atoms with Crippen LogP contribution in [0, 0.1) is 0 Å². The van der Waals surface area contributed by atoms with Crippen LogP contribution in [0.25, 0.3) is 0 Å². The number of carboxylic acid groups (broad SMARTS) is 1. The van der Waals surface area contributed by atoms with Gasteiger partial charge in [0.2, 0.25) is 0 Å². The molecule has 0 spiro atoms. The number of nitrogens with two attached hydrogens (primary N) is 1. The van der Waals surface area contributed by atoms with Gasteiger partial charge in [-0.25, -0.2) is 0 Å². The van der Waals surface area contributed by atoms with Crippen LogP contribution in [0.4, 0.5) is 0 Å². The maximum Gasteiger partial charge on any atom is 0.325 e. The lowest BCUT2D eigenvalue weighted by molar-refractivity contribution is -0.138. The van der Waals surface area contributed by atoms with Gasteiger partial charge in [-0.3, -0.25) is 4.79 Å². The fraction of sp³-hybridized carbons (Fsp3) is 0.462. The second-order valence-electron chi connectivity index (χ2n) is 4.32. The molecule has 0 amide bonds. The van der Waals surface area contributed by atoms with Crippen LogP contribution in [0.5, 0.6) is 11.5 Å². The minimum absolute atomic E-state index is 0.240. The molecule has 18 heavy (non-hydrogen) atoms. The van der Waals surface area contributed by atoms with Gasteiger partial charge in [0, 0.05) is 5.56 Å². The maximum atomic E-state index is 11.0. The zero-order valence-electron chi connectivity index (χ0n) is 11.1. The summed E-state index contributed by atoms with van der Waals surface area (Å²) in [5.74, 6) is 0.00742. The van der Waals surface area contributed by atoms with Crippen LogP contribution in [0.1, 0.15) is 36.9 Å². The minimum atomic E-state index is -1.13. The van der Waals surface area contributed by atoms with Gasteiger partial charge in [0.05, 0.1) is 14.2 Å². The third-order valence-corrected chi connectivity index (χ3v) is 2.80. The Labute approximate surface area is 107 Å². The highest BCUT2D eigenvalue weighted by atomic mass is 16.5. The number of benzene rings is 1. The Bertz CT molecular complexity index is 443. The van der Waals surface area contributed by atoms with Crippen molar-refractivity contribution in [3.05, 3.63) is 23.3 Å². The van der Waals surface area contributed by atoms with Crippen molar-refractivity contribution < 1.29 is 19.4 Å². The predicted molar refractivity (Wildman–Crippen MR) is 68.2 cm³/mol. The molecule has 1 atom stereocenters. The smallest absolute Gasteiger partial charge is 0.325 e. The number of aliphatic carboxylic acids is 1. The normalized spacial score (nSPS) is 12.3. The molecule has 0 aliphatic heterocycles. The topological polar surface area (TPSA) is 81.8 Å². The third-order valence-electron chi connectivity index (χ3n) is 2.80. The second kappa shape index (κ2) is 5.73. The Morgan fingerprint density at radius 1 is 1.28 bits per heavy atom. The third kappa shape index (κ3) is 2.73. The van der Waals surface area contributed by atoms with Crippen molar-refractivity contribution in [1.82, 2.24) is 0 Å². The Hall–Kier alpha value is -1.75. The highest BCUT2D eigenvalue weighted by Gasteiger charge is 2.23. The molecular formula is C13H19NO4. The van der Waals surface area contributed by atoms with Crippen LogP contribution in [0.3, 0.4) is 0 Å². The molecular weight excluding hydrogens is 234 g/mol. The number of ether oxygens (including phenoxy) is 2. The first-order valence-electron chi connectivity index (χ1n) is 5.66. The van der Waals surface area contributed by atoms with Gasteiger partial charge in [-0.2, -0.15) is 0 Å². The number of hydrogen-bond acceptors (Lipinski definition) is 4. The molecule has 0 aromatic heterocycles. The molecule has 0 radical (unpaired) electrons. The molecule has 0 saturated heterocycles. The fourth-order valence-electron chi connectivity index (χ4n) is 1.71. The first kappa shape index (κ1) is 14.3. The zero-order valence-corrected chi connectivity index (χ0v) is 11.1. The largest absolute Gasteiger partial charge is 0.493 e. The molecule has 1 aromatic rings. The number of methoxy groups -OCH3 is 2. The van der Waals surface area contributed by atoms with E-state index in [1.54, 1.807) is 6.07 Å². The molecule has 1 unspecified atom stereocenters. The molecule has 0 bridgehead atoms. The fourth-order valence-corrected chi connectivity index (χ4v) is 1.71. The van der Waals surface area contributed by atoms with E-state index in [1.807, 2.05) is 19.9 Å². The lowest BCUT2D eigenvalue weighted by Crippen LogP contribution is -2.21. The van der Waals surface area contributed by atoms with Crippen LogP contribution in [-0.2, 0) is 4.79 Å². The predicted octanol–water partition coefficient (Wildman–Crippen LogP) is 1.91. The summed E-state index contributed by atoms with van der Waals surface area (Å²) in [5.41, 5.74) is 7.05. The summed E-state index contributed by atoms with van der Waals surface area (Å²) in [6, 6.07) is 2.46. The van der Waals surface area contributed by atoms with E-state index in [4.69, 9.17) is 20.3 Å². The molecule has 0 aliphatic rings. The van der Waals surface area contributed by atoms with Crippen molar-refractivity contribution in [3.8, 4) is 11.5 Å². The standard InChI is InChI=1S/C13H19NO4/c1-7(2)8-5-9(11(14)13(15)16)12(18-4)10(6-8)17-3/h5-7,11H,14H2,1-4H3,(H,15,16). The molecule has 1 rings (SSSR count). The molecule has 5 nitrogen and oxygen atoms in total. The van der Waals surface area contributed by atoms with Crippen LogP contribution < -0.4 is 15.2 Å². The van der Waals surface area contributed by atoms with Gasteiger partial charge in [-0.1, -0.05) is 13.8 Å². The maximum absolute atomic E-state index is 11.0. The monoisotopic (exact) mass is 253 g/mol. The number of hydrogen-bond donors (Lipinski definition) is 2. The van der Waals surface area contributed by atoms with Crippen LogP contribution in [0.2, 0.25) is 0 Å². The number of rotatable bonds is 5. The highest BCUT2D eigenvalue weighted by molar-refractivity contribution is 5.77. The number of carbonyl (C=O) groups is 1. The van der Waals surface area contributed by atoms with Crippen molar-refractivity contribution in [1.29, 1.82) is 0 Å². The molecule has 0 aliphatic carbocycles. The van der Waals surface area contributed by atoms with E-state index in [-0.39, 0.29) is 5.92 Å². The Kier molecular flexibility index (Phi) is 4.55. The Morgan fingerprint density at radius 2 is 1.89 bits per heavy atom. The van der Waals surface area contributed by atoms with Crippen molar-refractivity contribution >= 4 is 5.97 Å². The van der Waals surface area contributed by atoms with E-state index in [0.29, 0.717) is 17.1 Å². The average molecular weight is 253 g/mol. The first-order valence-corrected chi connectivity index (χ1v) is 5.66. The zero-order chi connectivity index (χ0) is 13.9. The summed E-state index contributed by atoms with van der Waals surface area (Å²) in [6.45, 7) is 4.02. The van der Waals surface area contributed by atoms with Crippen molar-refractivity contribution in [3.63, 3.8) is 0 Å². The molecule has 100 valence electrons. The minimum Gasteiger partial charge on any atom is -0.493 e. The number of carboxylic acids is 1. The van der Waals surface area contributed by atoms with Crippen LogP contribution in [-0.4, -0.2) is 25.3 Å². The summed E-state index contributed by atoms with van der Waals surface area (Å²) in [7, 11) is 2.98. The SMILES string of the molecule is COc1cc(C(C)C)cc(C(N)C(=O)O)c1OC. The molecule has 1 aromatic carbocycles. The van der Waals surface area contributed by atoms with E-state index in [2.05, 4.69) is 0 Å². The quantitative estimate of drug-likeness (QED) is 0.837. The Morgan fingerprint density at radius 3 is 2.28 bits per heavy atom.